The topological polar surface area (TPSA) is 46.6 Å². The Morgan fingerprint density at radius 1 is 1.31 bits per heavy atom. The van der Waals surface area contributed by atoms with E-state index < -0.39 is 6.04 Å². The molecule has 2 fully saturated rings. The lowest BCUT2D eigenvalue weighted by molar-refractivity contribution is -0.162. The van der Waals surface area contributed by atoms with E-state index in [1.165, 1.54) is 0 Å². The fraction of sp³-hybridized carbons (Fsp3) is 0.524. The maximum Gasteiger partial charge on any atom is 0.329 e. The Hall–Kier alpha value is -1.81. The highest BCUT2D eigenvalue weighted by Crippen LogP contribution is 2.44. The summed E-state index contributed by atoms with van der Waals surface area (Å²) in [5, 5.41) is 0.663. The van der Waals surface area contributed by atoms with Crippen molar-refractivity contribution < 1.29 is 14.3 Å². The Morgan fingerprint density at radius 3 is 2.58 bits per heavy atom. The van der Waals surface area contributed by atoms with Crippen molar-refractivity contribution in [1.82, 2.24) is 4.90 Å². The number of esters is 1. The third-order valence-electron chi connectivity index (χ3n) is 5.33. The zero-order valence-corrected chi connectivity index (χ0v) is 16.0. The molecule has 1 aromatic carbocycles. The van der Waals surface area contributed by atoms with Crippen molar-refractivity contribution in [3.63, 3.8) is 0 Å². The third kappa shape index (κ3) is 3.96. The highest BCUT2D eigenvalue weighted by molar-refractivity contribution is 6.30. The summed E-state index contributed by atoms with van der Waals surface area (Å²) in [4.78, 5) is 27.8. The summed E-state index contributed by atoms with van der Waals surface area (Å²) in [5.74, 6) is -0.135. The second-order valence-corrected chi connectivity index (χ2v) is 7.58. The van der Waals surface area contributed by atoms with Gasteiger partial charge in [-0.05, 0) is 62.6 Å². The SMILES string of the molecule is C=CC[C@H]1CCC(c2ccc(Cl)cc2)N(C(C(=O)OCC)C2CC2)C1=O. The molecular formula is C21H26ClNO3. The van der Waals surface area contributed by atoms with Gasteiger partial charge >= 0.3 is 5.97 Å². The van der Waals surface area contributed by atoms with Crippen LogP contribution in [0.1, 0.15) is 50.6 Å². The largest absolute Gasteiger partial charge is 0.464 e. The number of piperidine rings is 1. The van der Waals surface area contributed by atoms with Crippen LogP contribution < -0.4 is 0 Å². The van der Waals surface area contributed by atoms with Crippen molar-refractivity contribution in [1.29, 1.82) is 0 Å². The van der Waals surface area contributed by atoms with Gasteiger partial charge in [0.05, 0.1) is 12.6 Å². The van der Waals surface area contributed by atoms with Crippen LogP contribution in [0.2, 0.25) is 5.02 Å². The molecule has 0 spiro atoms. The van der Waals surface area contributed by atoms with E-state index in [0.717, 1.165) is 31.2 Å². The number of amides is 1. The van der Waals surface area contributed by atoms with Gasteiger partial charge in [0.1, 0.15) is 6.04 Å². The van der Waals surface area contributed by atoms with Gasteiger partial charge in [0.15, 0.2) is 0 Å². The summed E-state index contributed by atoms with van der Waals surface area (Å²) in [6, 6.07) is 6.98. The Balaban J connectivity index is 1.96. The van der Waals surface area contributed by atoms with Crippen molar-refractivity contribution in [2.45, 2.75) is 51.1 Å². The van der Waals surface area contributed by atoms with E-state index in [1.807, 2.05) is 29.2 Å². The number of benzene rings is 1. The first-order valence-electron chi connectivity index (χ1n) is 9.42. The van der Waals surface area contributed by atoms with Crippen LogP contribution in [0.4, 0.5) is 0 Å². The lowest BCUT2D eigenvalue weighted by Gasteiger charge is -2.43. The molecule has 1 saturated heterocycles. The second kappa shape index (κ2) is 8.26. The van der Waals surface area contributed by atoms with E-state index in [4.69, 9.17) is 16.3 Å². The van der Waals surface area contributed by atoms with E-state index in [1.54, 1.807) is 13.0 Å². The lowest BCUT2D eigenvalue weighted by Crippen LogP contribution is -2.53. The number of carbonyl (C=O) groups excluding carboxylic acids is 2. The Labute approximate surface area is 160 Å². The molecule has 4 nitrogen and oxygen atoms in total. The number of likely N-dealkylation sites (tertiary alicyclic amines) is 1. The minimum absolute atomic E-state index is 0.0426. The van der Waals surface area contributed by atoms with Crippen molar-refractivity contribution >= 4 is 23.5 Å². The van der Waals surface area contributed by atoms with E-state index in [9.17, 15) is 9.59 Å². The Morgan fingerprint density at radius 2 is 2.00 bits per heavy atom. The van der Waals surface area contributed by atoms with Crippen LogP contribution in [0, 0.1) is 11.8 Å². The molecule has 1 aromatic rings. The predicted molar refractivity (Wildman–Crippen MR) is 102 cm³/mol. The summed E-state index contributed by atoms with van der Waals surface area (Å²) < 4.78 is 5.33. The summed E-state index contributed by atoms with van der Waals surface area (Å²) in [7, 11) is 0. The molecule has 0 aromatic heterocycles. The lowest BCUT2D eigenvalue weighted by atomic mass is 9.84. The number of rotatable bonds is 7. The quantitative estimate of drug-likeness (QED) is 0.519. The monoisotopic (exact) mass is 375 g/mol. The summed E-state index contributed by atoms with van der Waals surface area (Å²) >= 11 is 6.03. The number of halogens is 1. The Kier molecular flexibility index (Phi) is 6.02. The minimum atomic E-state index is -0.490. The zero-order valence-electron chi connectivity index (χ0n) is 15.2. The Bertz CT molecular complexity index is 668. The normalized spacial score (nSPS) is 24.2. The number of hydrogen-bond donors (Lipinski definition) is 0. The first-order valence-corrected chi connectivity index (χ1v) is 9.79. The molecule has 26 heavy (non-hydrogen) atoms. The number of ether oxygens (including phenoxy) is 1. The molecule has 2 aliphatic rings. The number of hydrogen-bond acceptors (Lipinski definition) is 3. The fourth-order valence-corrected chi connectivity index (χ4v) is 4.05. The number of nitrogens with zero attached hydrogens (tertiary/aromatic N) is 1. The van der Waals surface area contributed by atoms with Crippen LogP contribution in [0.5, 0.6) is 0 Å². The molecular weight excluding hydrogens is 350 g/mol. The molecule has 0 radical (unpaired) electrons. The standard InChI is InChI=1S/C21H26ClNO3/c1-3-5-16-10-13-18(14-8-11-17(22)12-9-14)23(20(16)24)19(15-6-7-15)21(25)26-4-2/h3,8-9,11-12,15-16,18-19H,1,4-7,10,13H2,2H3/t16-,18?,19?/m0/s1. The molecule has 5 heteroatoms. The van der Waals surface area contributed by atoms with Gasteiger partial charge < -0.3 is 9.64 Å². The van der Waals surface area contributed by atoms with E-state index in [-0.39, 0.29) is 29.8 Å². The first-order chi connectivity index (χ1) is 12.6. The smallest absolute Gasteiger partial charge is 0.329 e. The van der Waals surface area contributed by atoms with Gasteiger partial charge in [-0.2, -0.15) is 0 Å². The van der Waals surface area contributed by atoms with Crippen LogP contribution in [-0.2, 0) is 14.3 Å². The van der Waals surface area contributed by atoms with Crippen molar-refractivity contribution in [2.24, 2.45) is 11.8 Å². The third-order valence-corrected chi connectivity index (χ3v) is 5.58. The van der Waals surface area contributed by atoms with Gasteiger partial charge in [-0.25, -0.2) is 4.79 Å². The van der Waals surface area contributed by atoms with E-state index in [2.05, 4.69) is 6.58 Å². The van der Waals surface area contributed by atoms with Crippen LogP contribution in [0.15, 0.2) is 36.9 Å². The van der Waals surface area contributed by atoms with Crippen molar-refractivity contribution in [3.8, 4) is 0 Å². The molecule has 1 aliphatic heterocycles. The average Bonchev–Trinajstić information content (AvgIpc) is 3.45. The minimum Gasteiger partial charge on any atom is -0.464 e. The zero-order chi connectivity index (χ0) is 18.7. The van der Waals surface area contributed by atoms with Crippen LogP contribution >= 0.6 is 11.6 Å². The molecule has 1 amide bonds. The van der Waals surface area contributed by atoms with Gasteiger partial charge in [0.2, 0.25) is 5.91 Å². The van der Waals surface area contributed by atoms with Gasteiger partial charge in [0, 0.05) is 10.9 Å². The van der Waals surface area contributed by atoms with Crippen LogP contribution in [0.25, 0.3) is 0 Å². The maximum absolute atomic E-state index is 13.3. The maximum atomic E-state index is 13.3. The second-order valence-electron chi connectivity index (χ2n) is 7.15. The van der Waals surface area contributed by atoms with Gasteiger partial charge in [-0.3, -0.25) is 4.79 Å². The molecule has 1 heterocycles. The first kappa shape index (κ1) is 19.0. The summed E-state index contributed by atoms with van der Waals surface area (Å²) in [6.45, 7) is 5.91. The van der Waals surface area contributed by atoms with Gasteiger partial charge in [0.25, 0.3) is 0 Å². The molecule has 2 unspecified atom stereocenters. The van der Waals surface area contributed by atoms with Gasteiger partial charge in [-0.1, -0.05) is 29.8 Å². The molecule has 1 saturated carbocycles. The van der Waals surface area contributed by atoms with E-state index in [0.29, 0.717) is 18.1 Å². The highest BCUT2D eigenvalue weighted by Gasteiger charge is 2.48. The van der Waals surface area contributed by atoms with E-state index >= 15 is 0 Å². The predicted octanol–water partition coefficient (Wildman–Crippen LogP) is 4.54. The van der Waals surface area contributed by atoms with Gasteiger partial charge in [-0.15, -0.1) is 6.58 Å². The molecule has 0 bridgehead atoms. The molecule has 140 valence electrons. The highest BCUT2D eigenvalue weighted by atomic mass is 35.5. The summed E-state index contributed by atoms with van der Waals surface area (Å²) in [6.07, 6.45) is 5.99. The van der Waals surface area contributed by atoms with Crippen molar-refractivity contribution in [2.75, 3.05) is 6.61 Å². The number of carbonyl (C=O) groups is 2. The fourth-order valence-electron chi connectivity index (χ4n) is 3.92. The number of allylic oxidation sites excluding steroid dienone is 1. The molecule has 3 rings (SSSR count). The molecule has 0 N–H and O–H groups in total. The van der Waals surface area contributed by atoms with Crippen LogP contribution in [0.3, 0.4) is 0 Å². The molecule has 1 aliphatic carbocycles. The molecule has 3 atom stereocenters. The van der Waals surface area contributed by atoms with Crippen LogP contribution in [-0.4, -0.2) is 29.4 Å². The average molecular weight is 376 g/mol. The van der Waals surface area contributed by atoms with Crippen molar-refractivity contribution in [3.05, 3.63) is 47.5 Å². The summed E-state index contributed by atoms with van der Waals surface area (Å²) in [5.41, 5.74) is 1.02.